The summed E-state index contributed by atoms with van der Waals surface area (Å²) in [5, 5.41) is 20.3. The van der Waals surface area contributed by atoms with E-state index in [4.69, 9.17) is 22.1 Å². The molecule has 20 heavy (non-hydrogen) atoms. The molecule has 1 N–H and O–H groups in total. The number of methoxy groups -OCH3 is 1. The fourth-order valence-electron chi connectivity index (χ4n) is 1.25. The number of nitrogens with zero attached hydrogens (tertiary/aromatic N) is 2. The lowest BCUT2D eigenvalue weighted by Crippen LogP contribution is -2.06. The number of rotatable bonds is 3. The Morgan fingerprint density at radius 1 is 1.45 bits per heavy atom. The molecule has 0 saturated heterocycles. The van der Waals surface area contributed by atoms with Crippen LogP contribution in [0.3, 0.4) is 0 Å². The monoisotopic (exact) mass is 417 g/mol. The van der Waals surface area contributed by atoms with E-state index in [1.165, 1.54) is 19.4 Å². The van der Waals surface area contributed by atoms with E-state index < -0.39 is 5.97 Å². The number of carbonyl (C=O) groups excluding carboxylic acids is 1. The van der Waals surface area contributed by atoms with Crippen LogP contribution in [0.4, 0.5) is 5.69 Å². The van der Waals surface area contributed by atoms with Crippen LogP contribution in [0.1, 0.15) is 10.4 Å². The Labute approximate surface area is 137 Å². The van der Waals surface area contributed by atoms with Crippen molar-refractivity contribution in [1.82, 2.24) is 0 Å². The van der Waals surface area contributed by atoms with Gasteiger partial charge in [0.1, 0.15) is 17.7 Å². The number of anilines is 1. The van der Waals surface area contributed by atoms with E-state index in [2.05, 4.69) is 41.9 Å². The maximum atomic E-state index is 11.7. The summed E-state index contributed by atoms with van der Waals surface area (Å²) in [6, 6.07) is 4.91. The van der Waals surface area contributed by atoms with E-state index >= 15 is 0 Å². The fourth-order valence-corrected chi connectivity index (χ4v) is 3.31. The molecule has 0 aliphatic carbocycles. The van der Waals surface area contributed by atoms with Gasteiger partial charge in [0, 0.05) is 10.7 Å². The lowest BCUT2D eigenvalue weighted by molar-refractivity contribution is 0.0598. The molecule has 0 spiro atoms. The van der Waals surface area contributed by atoms with Gasteiger partial charge in [0.05, 0.1) is 27.9 Å². The minimum Gasteiger partial charge on any atom is -0.465 e. The van der Waals surface area contributed by atoms with Crippen LogP contribution in [-0.4, -0.2) is 13.1 Å². The molecule has 5 nitrogen and oxygen atoms in total. The highest BCUT2D eigenvalue weighted by Gasteiger charge is 2.20. The number of nitrogens with one attached hydrogen (secondary N) is 1. The first-order valence-corrected chi connectivity index (χ1v) is 6.95. The van der Waals surface area contributed by atoms with Crippen LogP contribution in [0.25, 0.3) is 0 Å². The molecule has 8 heteroatoms. The van der Waals surface area contributed by atoms with Crippen molar-refractivity contribution >= 4 is 55.1 Å². The highest BCUT2D eigenvalue weighted by atomic mass is 79.9. The van der Waals surface area contributed by atoms with Crippen LogP contribution in [0.5, 0.6) is 0 Å². The van der Waals surface area contributed by atoms with Gasteiger partial charge < -0.3 is 10.1 Å². The Balaban J connectivity index is 3.36. The van der Waals surface area contributed by atoms with Gasteiger partial charge in [-0.05, 0) is 37.9 Å². The highest BCUT2D eigenvalue weighted by molar-refractivity contribution is 9.11. The van der Waals surface area contributed by atoms with Crippen LogP contribution in [0.15, 0.2) is 26.8 Å². The average Bonchev–Trinajstić information content (AvgIpc) is 2.42. The van der Waals surface area contributed by atoms with Crippen molar-refractivity contribution in [3.63, 3.8) is 0 Å². The molecule has 0 amide bonds. The summed E-state index contributed by atoms with van der Waals surface area (Å²) >= 11 is 12.5. The average molecular weight is 419 g/mol. The summed E-state index contributed by atoms with van der Waals surface area (Å²) < 4.78 is 5.48. The molecule has 0 aliphatic rings. The van der Waals surface area contributed by atoms with E-state index in [0.717, 1.165) is 0 Å². The third-order valence-electron chi connectivity index (χ3n) is 2.16. The highest BCUT2D eigenvalue weighted by Crippen LogP contribution is 2.38. The third-order valence-corrected chi connectivity index (χ3v) is 3.88. The van der Waals surface area contributed by atoms with Crippen molar-refractivity contribution in [1.29, 1.82) is 10.5 Å². The Bertz CT molecular complexity index is 659. The molecule has 0 radical (unpaired) electrons. The Morgan fingerprint density at radius 3 is 2.55 bits per heavy atom. The zero-order chi connectivity index (χ0) is 15.3. The predicted octanol–water partition coefficient (Wildman–Crippen LogP) is 3.99. The molecule has 0 aliphatic heterocycles. The molecule has 0 heterocycles. The molecule has 1 aromatic carbocycles. The lowest BCUT2D eigenvalue weighted by atomic mass is 10.2. The number of hydrogen-bond donors (Lipinski definition) is 1. The molecule has 0 saturated carbocycles. The summed E-state index contributed by atoms with van der Waals surface area (Å²) in [4.78, 5) is 11.7. The van der Waals surface area contributed by atoms with Gasteiger partial charge in [-0.3, -0.25) is 0 Å². The summed E-state index contributed by atoms with van der Waals surface area (Å²) in [5.74, 6) is -0.562. The van der Waals surface area contributed by atoms with Gasteiger partial charge in [-0.1, -0.05) is 11.6 Å². The van der Waals surface area contributed by atoms with Gasteiger partial charge in [-0.25, -0.2) is 4.79 Å². The Morgan fingerprint density at radius 2 is 2.05 bits per heavy atom. The van der Waals surface area contributed by atoms with Crippen LogP contribution in [0.2, 0.25) is 5.02 Å². The van der Waals surface area contributed by atoms with Crippen molar-refractivity contribution in [3.8, 4) is 12.1 Å². The van der Waals surface area contributed by atoms with E-state index in [1.807, 2.05) is 0 Å². The zero-order valence-corrected chi connectivity index (χ0v) is 13.9. The molecular weight excluding hydrogens is 413 g/mol. The number of halogens is 3. The van der Waals surface area contributed by atoms with Crippen LogP contribution >= 0.6 is 43.5 Å². The van der Waals surface area contributed by atoms with E-state index in [9.17, 15) is 4.79 Å². The number of allylic oxidation sites excluding steroid dienone is 1. The van der Waals surface area contributed by atoms with E-state index in [0.29, 0.717) is 19.7 Å². The van der Waals surface area contributed by atoms with Crippen LogP contribution < -0.4 is 5.32 Å². The smallest absolute Gasteiger partial charge is 0.340 e. The maximum absolute atomic E-state index is 11.7. The van der Waals surface area contributed by atoms with Crippen molar-refractivity contribution in [2.45, 2.75) is 0 Å². The number of nitriles is 2. The second kappa shape index (κ2) is 7.30. The normalized spacial score (nSPS) is 9.10. The number of carbonyl (C=O) groups is 1. The predicted molar refractivity (Wildman–Crippen MR) is 81.1 cm³/mol. The summed E-state index contributed by atoms with van der Waals surface area (Å²) in [7, 11) is 1.26. The van der Waals surface area contributed by atoms with Crippen molar-refractivity contribution in [2.75, 3.05) is 12.4 Å². The molecule has 0 unspecified atom stereocenters. The van der Waals surface area contributed by atoms with Gasteiger partial charge in [-0.2, -0.15) is 10.5 Å². The quantitative estimate of drug-likeness (QED) is 0.591. The van der Waals surface area contributed by atoms with Gasteiger partial charge in [0.2, 0.25) is 0 Å². The molecule has 1 rings (SSSR count). The number of benzene rings is 1. The summed E-state index contributed by atoms with van der Waals surface area (Å²) in [5.41, 5.74) is 0.456. The molecule has 102 valence electrons. The Hall–Kier alpha value is -1.54. The second-order valence-corrected chi connectivity index (χ2v) is 5.38. The van der Waals surface area contributed by atoms with Crippen molar-refractivity contribution in [2.24, 2.45) is 0 Å². The fraction of sp³-hybridized carbons (Fsp3) is 0.0833. The third kappa shape index (κ3) is 3.51. The van der Waals surface area contributed by atoms with Crippen molar-refractivity contribution in [3.05, 3.63) is 37.4 Å². The first-order chi connectivity index (χ1) is 9.46. The molecule has 0 atom stereocenters. The Kier molecular flexibility index (Phi) is 6.03. The van der Waals surface area contributed by atoms with E-state index in [-0.39, 0.29) is 11.1 Å². The van der Waals surface area contributed by atoms with Crippen molar-refractivity contribution < 1.29 is 9.53 Å². The van der Waals surface area contributed by atoms with Gasteiger partial charge in [0.25, 0.3) is 0 Å². The van der Waals surface area contributed by atoms with Crippen LogP contribution in [-0.2, 0) is 4.74 Å². The van der Waals surface area contributed by atoms with Gasteiger partial charge in [0.15, 0.2) is 0 Å². The minimum absolute atomic E-state index is 0.129. The number of hydrogen-bond acceptors (Lipinski definition) is 5. The number of ether oxygens (including phenoxy) is 1. The maximum Gasteiger partial charge on any atom is 0.340 e. The summed E-state index contributed by atoms with van der Waals surface area (Å²) in [6.07, 6.45) is 1.20. The minimum atomic E-state index is -0.562. The molecule has 0 fully saturated rings. The lowest BCUT2D eigenvalue weighted by Gasteiger charge is -2.12. The SMILES string of the molecule is COC(=O)c1c(Br)cc(Cl)c(NC=C(C#N)C#N)c1Br. The number of esters is 1. The standard InChI is InChI=1S/C12H6Br2ClN3O2/c1-20-12(19)9-7(13)2-8(15)11(10(9)14)18-5-6(3-16)4-17/h2,5,18H,1H3. The van der Waals surface area contributed by atoms with E-state index in [1.54, 1.807) is 12.1 Å². The largest absolute Gasteiger partial charge is 0.465 e. The first kappa shape index (κ1) is 16.5. The molecule has 1 aromatic rings. The molecule has 0 bridgehead atoms. The topological polar surface area (TPSA) is 85.9 Å². The molecular formula is C12H6Br2ClN3O2. The summed E-state index contributed by atoms with van der Waals surface area (Å²) in [6.45, 7) is 0. The first-order valence-electron chi connectivity index (χ1n) is 4.99. The van der Waals surface area contributed by atoms with Crippen LogP contribution in [0, 0.1) is 22.7 Å². The zero-order valence-electron chi connectivity index (χ0n) is 10.00. The van der Waals surface area contributed by atoms with Gasteiger partial charge in [-0.15, -0.1) is 0 Å². The van der Waals surface area contributed by atoms with Gasteiger partial charge >= 0.3 is 5.97 Å². The second-order valence-electron chi connectivity index (χ2n) is 3.32. The molecule has 0 aromatic heterocycles.